The number of esters is 1. The van der Waals surface area contributed by atoms with Crippen LogP contribution in [0.3, 0.4) is 0 Å². The summed E-state index contributed by atoms with van der Waals surface area (Å²) in [4.78, 5) is 22.7. The van der Waals surface area contributed by atoms with Gasteiger partial charge in [0.1, 0.15) is 11.3 Å². The number of ketones is 1. The molecular weight excluding hydrogens is 256 g/mol. The number of hydrogen-bond acceptors (Lipinski definition) is 4. The molecule has 0 unspecified atom stereocenters. The summed E-state index contributed by atoms with van der Waals surface area (Å²) < 4.78 is 4.59. The lowest BCUT2D eigenvalue weighted by atomic mass is 9.99. The Bertz CT molecular complexity index is 534. The van der Waals surface area contributed by atoms with Crippen LogP contribution in [0.1, 0.15) is 37.3 Å². The van der Waals surface area contributed by atoms with Gasteiger partial charge in [-0.05, 0) is 23.5 Å². The van der Waals surface area contributed by atoms with Crippen molar-refractivity contribution in [3.05, 3.63) is 46.7 Å². The van der Waals surface area contributed by atoms with Gasteiger partial charge in [-0.15, -0.1) is 0 Å². The van der Waals surface area contributed by atoms with Gasteiger partial charge in [0.2, 0.25) is 5.78 Å². The molecule has 0 bridgehead atoms. The second-order valence-corrected chi connectivity index (χ2v) is 5.22. The average Bonchev–Trinajstić information content (AvgIpc) is 2.76. The number of benzene rings is 1. The highest BCUT2D eigenvalue weighted by Crippen LogP contribution is 2.19. The molecule has 0 spiro atoms. The Kier molecular flexibility index (Phi) is 4.23. The third-order valence-electron chi connectivity index (χ3n) is 3.40. The predicted octanol–water partition coefficient (Wildman–Crippen LogP) is 2.68. The van der Waals surface area contributed by atoms with Crippen molar-refractivity contribution in [2.45, 2.75) is 32.6 Å². The van der Waals surface area contributed by atoms with Crippen LogP contribution in [0.15, 0.2) is 35.6 Å². The maximum atomic E-state index is 11.4. The van der Waals surface area contributed by atoms with Crippen LogP contribution in [0.25, 0.3) is 0 Å². The molecule has 1 aromatic rings. The van der Waals surface area contributed by atoms with E-state index in [4.69, 9.17) is 0 Å². The SMILES string of the molecule is CC(C)c1ccc(CCC(O)=C2C(=O)COC2=O)cc1. The molecule has 20 heavy (non-hydrogen) atoms. The summed E-state index contributed by atoms with van der Waals surface area (Å²) in [5.41, 5.74) is 2.12. The first-order chi connectivity index (χ1) is 9.49. The zero-order valence-corrected chi connectivity index (χ0v) is 11.7. The largest absolute Gasteiger partial charge is 0.511 e. The summed E-state index contributed by atoms with van der Waals surface area (Å²) in [6.07, 6.45) is 0.839. The molecule has 4 nitrogen and oxygen atoms in total. The molecule has 2 rings (SSSR count). The normalized spacial score (nSPS) is 17.6. The highest BCUT2D eigenvalue weighted by molar-refractivity contribution is 6.22. The van der Waals surface area contributed by atoms with Crippen molar-refractivity contribution < 1.29 is 19.4 Å². The standard InChI is InChI=1S/C16H18O4/c1-10(2)12-6-3-11(4-7-12)5-8-13(17)15-14(18)9-20-16(15)19/h3-4,6-7,10,17H,5,8-9H2,1-2H3. The topological polar surface area (TPSA) is 63.6 Å². The first kappa shape index (κ1) is 14.3. The van der Waals surface area contributed by atoms with Crippen LogP contribution in [0.2, 0.25) is 0 Å². The summed E-state index contributed by atoms with van der Waals surface area (Å²) in [5.74, 6) is -0.860. The summed E-state index contributed by atoms with van der Waals surface area (Å²) in [6.45, 7) is 3.99. The number of ether oxygens (including phenoxy) is 1. The maximum absolute atomic E-state index is 11.4. The number of Topliss-reactive ketones (excluding diaryl/α,β-unsaturated/α-hetero) is 1. The monoisotopic (exact) mass is 274 g/mol. The maximum Gasteiger partial charge on any atom is 0.345 e. The molecule has 106 valence electrons. The molecule has 1 N–H and O–H groups in total. The lowest BCUT2D eigenvalue weighted by Gasteiger charge is -2.07. The lowest BCUT2D eigenvalue weighted by Crippen LogP contribution is -2.06. The molecule has 1 heterocycles. The van der Waals surface area contributed by atoms with Gasteiger partial charge in [0.25, 0.3) is 0 Å². The molecule has 1 aliphatic rings. The molecule has 0 aromatic heterocycles. The third-order valence-corrected chi connectivity index (χ3v) is 3.40. The number of hydrogen-bond donors (Lipinski definition) is 1. The van der Waals surface area contributed by atoms with E-state index in [1.165, 1.54) is 5.56 Å². The molecule has 1 fully saturated rings. The number of carbonyl (C=O) groups is 2. The van der Waals surface area contributed by atoms with Gasteiger partial charge < -0.3 is 9.84 Å². The fourth-order valence-corrected chi connectivity index (χ4v) is 2.12. The van der Waals surface area contributed by atoms with Gasteiger partial charge in [0.15, 0.2) is 6.61 Å². The minimum Gasteiger partial charge on any atom is -0.511 e. The van der Waals surface area contributed by atoms with Crippen LogP contribution in [0.4, 0.5) is 0 Å². The summed E-state index contributed by atoms with van der Waals surface area (Å²) in [6, 6.07) is 8.11. The molecule has 0 atom stereocenters. The second-order valence-electron chi connectivity index (χ2n) is 5.22. The Hall–Kier alpha value is -2.10. The minimum atomic E-state index is -0.720. The molecule has 4 heteroatoms. The van der Waals surface area contributed by atoms with Gasteiger partial charge in [0.05, 0.1) is 0 Å². The molecule has 0 aliphatic carbocycles. The smallest absolute Gasteiger partial charge is 0.345 e. The number of carbonyl (C=O) groups excluding carboxylic acids is 2. The van der Waals surface area contributed by atoms with E-state index in [-0.39, 0.29) is 24.4 Å². The summed E-state index contributed by atoms with van der Waals surface area (Å²) >= 11 is 0. The number of aliphatic hydroxyl groups excluding tert-OH is 1. The van der Waals surface area contributed by atoms with E-state index in [0.717, 1.165) is 5.56 Å². The first-order valence-electron chi connectivity index (χ1n) is 6.70. The summed E-state index contributed by atoms with van der Waals surface area (Å²) in [5, 5.41) is 9.85. The zero-order chi connectivity index (χ0) is 14.7. The van der Waals surface area contributed by atoms with E-state index < -0.39 is 11.8 Å². The molecular formula is C16H18O4. The van der Waals surface area contributed by atoms with E-state index in [9.17, 15) is 14.7 Å². The Labute approximate surface area is 118 Å². The highest BCUT2D eigenvalue weighted by atomic mass is 16.5. The third kappa shape index (κ3) is 3.07. The number of aryl methyl sites for hydroxylation is 1. The fraction of sp³-hybridized carbons (Fsp3) is 0.375. The Morgan fingerprint density at radius 2 is 1.90 bits per heavy atom. The number of aliphatic hydroxyl groups is 1. The highest BCUT2D eigenvalue weighted by Gasteiger charge is 2.31. The van der Waals surface area contributed by atoms with Crippen LogP contribution < -0.4 is 0 Å². The number of allylic oxidation sites excluding steroid dienone is 1. The van der Waals surface area contributed by atoms with Crippen LogP contribution in [0.5, 0.6) is 0 Å². The molecule has 0 amide bonds. The van der Waals surface area contributed by atoms with Crippen LogP contribution >= 0.6 is 0 Å². The van der Waals surface area contributed by atoms with Crippen molar-refractivity contribution in [3.8, 4) is 0 Å². The molecule has 1 aromatic carbocycles. The average molecular weight is 274 g/mol. The van der Waals surface area contributed by atoms with Crippen molar-refractivity contribution in [2.75, 3.05) is 6.61 Å². The predicted molar refractivity (Wildman–Crippen MR) is 74.5 cm³/mol. The quantitative estimate of drug-likeness (QED) is 0.397. The Morgan fingerprint density at radius 3 is 2.40 bits per heavy atom. The molecule has 0 saturated carbocycles. The van der Waals surface area contributed by atoms with E-state index >= 15 is 0 Å². The zero-order valence-electron chi connectivity index (χ0n) is 11.7. The van der Waals surface area contributed by atoms with E-state index in [2.05, 4.69) is 30.7 Å². The van der Waals surface area contributed by atoms with Gasteiger partial charge >= 0.3 is 5.97 Å². The van der Waals surface area contributed by atoms with Crippen molar-refractivity contribution in [1.82, 2.24) is 0 Å². The van der Waals surface area contributed by atoms with E-state index in [1.807, 2.05) is 12.1 Å². The van der Waals surface area contributed by atoms with Crippen molar-refractivity contribution in [3.63, 3.8) is 0 Å². The van der Waals surface area contributed by atoms with Gasteiger partial charge in [-0.2, -0.15) is 0 Å². The molecule has 0 radical (unpaired) electrons. The van der Waals surface area contributed by atoms with Crippen LogP contribution in [0, 0.1) is 0 Å². The lowest BCUT2D eigenvalue weighted by molar-refractivity contribution is -0.135. The van der Waals surface area contributed by atoms with E-state index in [1.54, 1.807) is 0 Å². The van der Waals surface area contributed by atoms with Gasteiger partial charge in [-0.25, -0.2) is 4.79 Å². The van der Waals surface area contributed by atoms with Crippen molar-refractivity contribution in [2.24, 2.45) is 0 Å². The Morgan fingerprint density at radius 1 is 1.25 bits per heavy atom. The molecule has 1 saturated heterocycles. The molecule has 1 aliphatic heterocycles. The Balaban J connectivity index is 2.03. The van der Waals surface area contributed by atoms with Crippen LogP contribution in [-0.4, -0.2) is 23.5 Å². The van der Waals surface area contributed by atoms with Gasteiger partial charge in [-0.3, -0.25) is 4.79 Å². The van der Waals surface area contributed by atoms with Gasteiger partial charge in [0, 0.05) is 6.42 Å². The second kappa shape index (κ2) is 5.90. The van der Waals surface area contributed by atoms with Crippen LogP contribution in [-0.2, 0) is 20.7 Å². The first-order valence-corrected chi connectivity index (χ1v) is 6.70. The minimum absolute atomic E-state index is 0.176. The summed E-state index contributed by atoms with van der Waals surface area (Å²) in [7, 11) is 0. The van der Waals surface area contributed by atoms with Gasteiger partial charge in [-0.1, -0.05) is 38.1 Å². The van der Waals surface area contributed by atoms with Crippen molar-refractivity contribution in [1.29, 1.82) is 0 Å². The number of cyclic esters (lactones) is 1. The van der Waals surface area contributed by atoms with E-state index in [0.29, 0.717) is 12.3 Å². The number of rotatable bonds is 4. The fourth-order valence-electron chi connectivity index (χ4n) is 2.12. The van der Waals surface area contributed by atoms with Crippen molar-refractivity contribution >= 4 is 11.8 Å².